The van der Waals surface area contributed by atoms with Gasteiger partial charge in [-0.2, -0.15) is 0 Å². The number of aryl methyl sites for hydroxylation is 1. The number of ether oxygens (including phenoxy) is 1. The fraction of sp³-hybridized carbons (Fsp3) is 0.240. The van der Waals surface area contributed by atoms with Crippen LogP contribution in [0.4, 0.5) is 0 Å². The summed E-state index contributed by atoms with van der Waals surface area (Å²) in [5.41, 5.74) is 6.74. The molecule has 0 saturated heterocycles. The molecule has 0 atom stereocenters. The van der Waals surface area contributed by atoms with Crippen LogP contribution in [0.2, 0.25) is 0 Å². The Balaban J connectivity index is 0.000000465. The number of benzene rings is 3. The van der Waals surface area contributed by atoms with E-state index in [0.717, 1.165) is 29.9 Å². The normalized spacial score (nSPS) is 10.1. The zero-order valence-corrected chi connectivity index (χ0v) is 16.7. The number of rotatable bonds is 5. The van der Waals surface area contributed by atoms with Crippen molar-refractivity contribution in [1.29, 1.82) is 0 Å². The molecule has 2 heteroatoms. The van der Waals surface area contributed by atoms with Crippen molar-refractivity contribution >= 4 is 5.78 Å². The van der Waals surface area contributed by atoms with E-state index >= 15 is 0 Å². The van der Waals surface area contributed by atoms with Crippen molar-refractivity contribution in [2.24, 2.45) is 0 Å². The Labute approximate surface area is 162 Å². The van der Waals surface area contributed by atoms with E-state index in [4.69, 9.17) is 4.74 Å². The van der Waals surface area contributed by atoms with Gasteiger partial charge in [-0.25, -0.2) is 0 Å². The number of carbonyl (C=O) groups excluding carboxylic acids is 1. The molecule has 0 unspecified atom stereocenters. The highest BCUT2D eigenvalue weighted by Crippen LogP contribution is 2.25. The van der Waals surface area contributed by atoms with Crippen molar-refractivity contribution in [3.8, 4) is 22.3 Å². The summed E-state index contributed by atoms with van der Waals surface area (Å²) in [5, 5.41) is 0. The molecule has 0 saturated carbocycles. The van der Waals surface area contributed by atoms with E-state index in [1.165, 1.54) is 16.7 Å². The topological polar surface area (TPSA) is 26.3 Å². The van der Waals surface area contributed by atoms with Crippen LogP contribution in [-0.2, 0) is 4.74 Å². The quantitative estimate of drug-likeness (QED) is 0.481. The maximum atomic E-state index is 11.3. The van der Waals surface area contributed by atoms with E-state index in [0.29, 0.717) is 0 Å². The third-order valence-electron chi connectivity index (χ3n) is 4.30. The van der Waals surface area contributed by atoms with Crippen LogP contribution < -0.4 is 0 Å². The van der Waals surface area contributed by atoms with Crippen LogP contribution in [0.3, 0.4) is 0 Å². The lowest BCUT2D eigenvalue weighted by Crippen LogP contribution is -1.90. The highest BCUT2D eigenvalue weighted by molar-refractivity contribution is 5.94. The molecule has 0 heterocycles. The smallest absolute Gasteiger partial charge is 0.159 e. The van der Waals surface area contributed by atoms with Crippen molar-refractivity contribution in [2.45, 2.75) is 27.7 Å². The molecule has 0 amide bonds. The average Bonchev–Trinajstić information content (AvgIpc) is 2.70. The lowest BCUT2D eigenvalue weighted by Gasteiger charge is -2.06. The summed E-state index contributed by atoms with van der Waals surface area (Å²) in [6, 6.07) is 24.8. The number of carbonyl (C=O) groups is 1. The molecule has 0 aliphatic carbocycles. The van der Waals surface area contributed by atoms with E-state index in [9.17, 15) is 4.79 Å². The Hall–Kier alpha value is -2.71. The molecule has 0 N–H and O–H groups in total. The highest BCUT2D eigenvalue weighted by Gasteiger charge is 2.02. The molecule has 3 rings (SSSR count). The zero-order valence-electron chi connectivity index (χ0n) is 16.7. The van der Waals surface area contributed by atoms with Crippen molar-refractivity contribution < 1.29 is 9.53 Å². The number of hydrogen-bond donors (Lipinski definition) is 0. The first kappa shape index (κ1) is 20.6. The Morgan fingerprint density at radius 2 is 1.00 bits per heavy atom. The molecule has 27 heavy (non-hydrogen) atoms. The van der Waals surface area contributed by atoms with Crippen LogP contribution in [0.25, 0.3) is 22.3 Å². The van der Waals surface area contributed by atoms with E-state index in [1.807, 2.05) is 38.1 Å². The molecule has 0 bridgehead atoms. The number of hydrogen-bond acceptors (Lipinski definition) is 2. The summed E-state index contributed by atoms with van der Waals surface area (Å²) in [7, 11) is 0. The minimum absolute atomic E-state index is 0.0984. The van der Waals surface area contributed by atoms with Crippen molar-refractivity contribution in [1.82, 2.24) is 0 Å². The summed E-state index contributed by atoms with van der Waals surface area (Å²) in [4.78, 5) is 11.3. The first-order chi connectivity index (χ1) is 13.0. The molecule has 0 aliphatic rings. The number of Topliss-reactive ketones (excluding diaryl/α,β-unsaturated/α-hetero) is 1. The summed E-state index contributed by atoms with van der Waals surface area (Å²) in [6.45, 7) is 9.35. The summed E-state index contributed by atoms with van der Waals surface area (Å²) in [6.07, 6.45) is 0. The number of ketones is 1. The standard InChI is InChI=1S/C21H18O.C4H10O/c1-15-3-5-18(6-4-15)20-11-13-21(14-12-20)19-9-7-17(8-10-19)16(2)22;1-3-5-4-2/h3-14H,1-2H3;3-4H2,1-2H3. The third-order valence-corrected chi connectivity index (χ3v) is 4.30. The van der Waals surface area contributed by atoms with Gasteiger partial charge in [0.25, 0.3) is 0 Å². The van der Waals surface area contributed by atoms with Gasteiger partial charge < -0.3 is 4.74 Å². The van der Waals surface area contributed by atoms with Gasteiger partial charge in [-0.05, 0) is 49.9 Å². The van der Waals surface area contributed by atoms with Crippen LogP contribution in [-0.4, -0.2) is 19.0 Å². The van der Waals surface area contributed by atoms with Crippen molar-refractivity contribution in [3.63, 3.8) is 0 Å². The molecule has 3 aromatic carbocycles. The van der Waals surface area contributed by atoms with Gasteiger partial charge in [-0.1, -0.05) is 78.4 Å². The fourth-order valence-electron chi connectivity index (χ4n) is 2.70. The van der Waals surface area contributed by atoms with Crippen molar-refractivity contribution in [2.75, 3.05) is 13.2 Å². The predicted molar refractivity (Wildman–Crippen MR) is 114 cm³/mol. The van der Waals surface area contributed by atoms with Gasteiger partial charge in [0, 0.05) is 18.8 Å². The minimum atomic E-state index is 0.0984. The van der Waals surface area contributed by atoms with E-state index in [2.05, 4.69) is 55.5 Å². The van der Waals surface area contributed by atoms with Crippen LogP contribution in [0, 0.1) is 6.92 Å². The van der Waals surface area contributed by atoms with Gasteiger partial charge in [-0.3, -0.25) is 4.79 Å². The van der Waals surface area contributed by atoms with Crippen LogP contribution in [0.15, 0.2) is 72.8 Å². The van der Waals surface area contributed by atoms with Gasteiger partial charge in [0.05, 0.1) is 0 Å². The summed E-state index contributed by atoms with van der Waals surface area (Å²) >= 11 is 0. The third kappa shape index (κ3) is 6.19. The second-order valence-corrected chi connectivity index (χ2v) is 6.36. The van der Waals surface area contributed by atoms with E-state index < -0.39 is 0 Å². The molecule has 0 spiro atoms. The minimum Gasteiger partial charge on any atom is -0.382 e. The van der Waals surface area contributed by atoms with Gasteiger partial charge in [0.15, 0.2) is 5.78 Å². The molecule has 0 aliphatic heterocycles. The molecular formula is C25H28O2. The molecular weight excluding hydrogens is 332 g/mol. The Bertz CT molecular complexity index is 827. The lowest BCUT2D eigenvalue weighted by atomic mass is 9.99. The van der Waals surface area contributed by atoms with Crippen LogP contribution in [0.1, 0.15) is 36.7 Å². The second-order valence-electron chi connectivity index (χ2n) is 6.36. The summed E-state index contributed by atoms with van der Waals surface area (Å²) < 4.78 is 4.83. The SMILES string of the molecule is CC(=O)c1ccc(-c2ccc(-c3ccc(C)cc3)cc2)cc1.CCOCC. The summed E-state index contributed by atoms with van der Waals surface area (Å²) in [5.74, 6) is 0.0984. The second kappa shape index (κ2) is 10.4. The predicted octanol–water partition coefficient (Wildman–Crippen LogP) is 6.57. The van der Waals surface area contributed by atoms with E-state index in [-0.39, 0.29) is 5.78 Å². The Morgan fingerprint density at radius 3 is 1.30 bits per heavy atom. The first-order valence-corrected chi connectivity index (χ1v) is 9.41. The fourth-order valence-corrected chi connectivity index (χ4v) is 2.70. The molecule has 0 fully saturated rings. The monoisotopic (exact) mass is 360 g/mol. The molecule has 3 aromatic rings. The highest BCUT2D eigenvalue weighted by atomic mass is 16.5. The Kier molecular flexibility index (Phi) is 7.97. The van der Waals surface area contributed by atoms with Crippen LogP contribution >= 0.6 is 0 Å². The van der Waals surface area contributed by atoms with E-state index in [1.54, 1.807) is 6.92 Å². The largest absolute Gasteiger partial charge is 0.382 e. The molecule has 2 nitrogen and oxygen atoms in total. The zero-order chi connectivity index (χ0) is 19.6. The maximum absolute atomic E-state index is 11.3. The Morgan fingerprint density at radius 1 is 0.667 bits per heavy atom. The molecule has 0 radical (unpaired) electrons. The first-order valence-electron chi connectivity index (χ1n) is 9.41. The molecule has 0 aromatic heterocycles. The lowest BCUT2D eigenvalue weighted by molar-refractivity contribution is 0.101. The van der Waals surface area contributed by atoms with Crippen molar-refractivity contribution in [3.05, 3.63) is 83.9 Å². The maximum Gasteiger partial charge on any atom is 0.159 e. The van der Waals surface area contributed by atoms with Gasteiger partial charge in [-0.15, -0.1) is 0 Å². The molecule has 140 valence electrons. The van der Waals surface area contributed by atoms with Gasteiger partial charge in [0.2, 0.25) is 0 Å². The average molecular weight is 360 g/mol. The van der Waals surface area contributed by atoms with Gasteiger partial charge in [0.1, 0.15) is 0 Å². The van der Waals surface area contributed by atoms with Gasteiger partial charge >= 0.3 is 0 Å². The van der Waals surface area contributed by atoms with Crippen LogP contribution in [0.5, 0.6) is 0 Å².